The molecule has 29 heavy (non-hydrogen) atoms. The molecule has 0 spiro atoms. The zero-order chi connectivity index (χ0) is 20.4. The molecule has 0 heterocycles. The third-order valence-electron chi connectivity index (χ3n) is 7.10. The number of carbonyl (C=O) groups excluding carboxylic acids is 1. The predicted octanol–water partition coefficient (Wildman–Crippen LogP) is 5.26. The third-order valence-corrected chi connectivity index (χ3v) is 7.10. The zero-order valence-corrected chi connectivity index (χ0v) is 18.0. The number of methoxy groups -OCH3 is 1. The average molecular weight is 399 g/mol. The van der Waals surface area contributed by atoms with Crippen molar-refractivity contribution in [3.05, 3.63) is 35.4 Å². The Labute approximate surface area is 174 Å². The molecule has 1 aromatic carbocycles. The largest absolute Gasteiger partial charge is 0.496 e. The van der Waals surface area contributed by atoms with Gasteiger partial charge in [-0.15, -0.1) is 0 Å². The van der Waals surface area contributed by atoms with Gasteiger partial charge in [0.2, 0.25) is 0 Å². The first-order valence-corrected chi connectivity index (χ1v) is 11.2. The highest BCUT2D eigenvalue weighted by Crippen LogP contribution is 2.60. The Kier molecular flexibility index (Phi) is 6.00. The normalized spacial score (nSPS) is 30.9. The minimum atomic E-state index is 0.00856. The lowest BCUT2D eigenvalue weighted by Crippen LogP contribution is -2.53. The van der Waals surface area contributed by atoms with Crippen molar-refractivity contribution in [3.8, 4) is 5.75 Å². The van der Waals surface area contributed by atoms with Gasteiger partial charge in [0.15, 0.2) is 0 Å². The van der Waals surface area contributed by atoms with E-state index in [1.54, 1.807) is 7.11 Å². The van der Waals surface area contributed by atoms with E-state index in [2.05, 4.69) is 18.2 Å². The average Bonchev–Trinajstić information content (AvgIpc) is 2.70. The first-order chi connectivity index (χ1) is 14.1. The van der Waals surface area contributed by atoms with Crippen LogP contribution in [0.25, 0.3) is 5.76 Å². The molecular weight excluding hydrogens is 364 g/mol. The monoisotopic (exact) mass is 398 g/mol. The summed E-state index contributed by atoms with van der Waals surface area (Å²) in [5.74, 6) is 3.86. The summed E-state index contributed by atoms with van der Waals surface area (Å²) in [6.07, 6.45) is 7.71. The molecule has 0 radical (unpaired) electrons. The van der Waals surface area contributed by atoms with Crippen LogP contribution in [0.15, 0.2) is 29.8 Å². The summed E-state index contributed by atoms with van der Waals surface area (Å²) in [5, 5.41) is 0. The Balaban J connectivity index is 1.57. The predicted molar refractivity (Wildman–Crippen MR) is 114 cm³/mol. The fourth-order valence-electron chi connectivity index (χ4n) is 6.09. The number of ether oxygens (including phenoxy) is 3. The van der Waals surface area contributed by atoms with E-state index >= 15 is 0 Å². The topological polar surface area (TPSA) is 44.8 Å². The van der Waals surface area contributed by atoms with Crippen LogP contribution in [0.5, 0.6) is 5.75 Å². The molecule has 4 heteroatoms. The van der Waals surface area contributed by atoms with Gasteiger partial charge >= 0.3 is 0 Å². The molecule has 0 N–H and O–H groups in total. The molecule has 1 aromatic rings. The maximum atomic E-state index is 10.9. The molecule has 3 atom stereocenters. The van der Waals surface area contributed by atoms with E-state index in [4.69, 9.17) is 14.2 Å². The second-order valence-electron chi connectivity index (χ2n) is 9.23. The van der Waals surface area contributed by atoms with E-state index in [1.165, 1.54) is 24.8 Å². The first kappa shape index (κ1) is 20.5. The zero-order valence-electron chi connectivity index (χ0n) is 18.0. The van der Waals surface area contributed by atoms with Gasteiger partial charge in [-0.1, -0.05) is 19.1 Å². The number of hydrogen-bond donors (Lipinski definition) is 0. The summed E-state index contributed by atoms with van der Waals surface area (Å²) in [6, 6.07) is 8.29. The number of rotatable bonds is 9. The molecule has 4 fully saturated rings. The third kappa shape index (κ3) is 4.09. The van der Waals surface area contributed by atoms with Crippen molar-refractivity contribution in [3.63, 3.8) is 0 Å². The molecule has 0 saturated heterocycles. The van der Waals surface area contributed by atoms with Gasteiger partial charge in [-0.05, 0) is 80.9 Å². The Morgan fingerprint density at radius 2 is 2.00 bits per heavy atom. The second kappa shape index (κ2) is 8.51. The quantitative estimate of drug-likeness (QED) is 0.420. The van der Waals surface area contributed by atoms with E-state index in [0.29, 0.717) is 25.0 Å². The molecule has 4 aliphatic rings. The van der Waals surface area contributed by atoms with E-state index in [0.717, 1.165) is 48.5 Å². The van der Waals surface area contributed by atoms with Gasteiger partial charge in [0.25, 0.3) is 0 Å². The van der Waals surface area contributed by atoms with Crippen LogP contribution in [-0.4, -0.2) is 32.2 Å². The Bertz CT molecular complexity index is 750. The summed E-state index contributed by atoms with van der Waals surface area (Å²) in [5.41, 5.74) is 2.63. The highest BCUT2D eigenvalue weighted by Gasteiger charge is 2.55. The number of benzene rings is 1. The van der Waals surface area contributed by atoms with Crippen LogP contribution in [0, 0.1) is 23.7 Å². The Morgan fingerprint density at radius 3 is 2.66 bits per heavy atom. The van der Waals surface area contributed by atoms with Crippen molar-refractivity contribution < 1.29 is 19.0 Å². The smallest absolute Gasteiger partial charge is 0.125 e. The summed E-state index contributed by atoms with van der Waals surface area (Å²) in [6.45, 7) is 5.34. The SMILES string of the molecule is CCOc1cccc(C(OC)=C2C3CC4CC2CC(OCCC(C)C=O)(C4)C3)c1. The molecule has 4 aliphatic carbocycles. The van der Waals surface area contributed by atoms with Crippen LogP contribution in [-0.2, 0) is 14.3 Å². The van der Waals surface area contributed by atoms with Gasteiger partial charge in [-0.25, -0.2) is 0 Å². The molecule has 158 valence electrons. The van der Waals surface area contributed by atoms with Crippen molar-refractivity contribution in [1.82, 2.24) is 0 Å². The molecule has 0 aliphatic heterocycles. The van der Waals surface area contributed by atoms with Crippen LogP contribution >= 0.6 is 0 Å². The van der Waals surface area contributed by atoms with Gasteiger partial charge in [0.05, 0.1) is 19.3 Å². The molecule has 4 bridgehead atoms. The van der Waals surface area contributed by atoms with Crippen molar-refractivity contribution in [2.45, 2.75) is 58.0 Å². The fourth-order valence-corrected chi connectivity index (χ4v) is 6.09. The van der Waals surface area contributed by atoms with Gasteiger partial charge in [-0.2, -0.15) is 0 Å². The van der Waals surface area contributed by atoms with Crippen molar-refractivity contribution in [1.29, 1.82) is 0 Å². The van der Waals surface area contributed by atoms with Crippen LogP contribution in [0.2, 0.25) is 0 Å². The molecule has 0 amide bonds. The number of allylic oxidation sites excluding steroid dienone is 1. The number of hydrogen-bond acceptors (Lipinski definition) is 4. The van der Waals surface area contributed by atoms with Crippen LogP contribution in [0.4, 0.5) is 0 Å². The standard InChI is InChI=1S/C25H34O4/c1-4-28-22-7-5-6-19(12-22)24(27-3)23-20-10-18-11-21(23)15-25(13-18,14-20)29-9-8-17(2)16-26/h5-7,12,16-18,20-21H,4,8-11,13-15H2,1-3H3. The fraction of sp³-hybridized carbons (Fsp3) is 0.640. The summed E-state index contributed by atoms with van der Waals surface area (Å²) < 4.78 is 18.2. The van der Waals surface area contributed by atoms with Gasteiger partial charge in [-0.3, -0.25) is 0 Å². The lowest BCUT2D eigenvalue weighted by atomic mass is 9.52. The first-order valence-electron chi connectivity index (χ1n) is 11.2. The molecule has 5 rings (SSSR count). The summed E-state index contributed by atoms with van der Waals surface area (Å²) in [4.78, 5) is 10.9. The molecule has 3 unspecified atom stereocenters. The van der Waals surface area contributed by atoms with Gasteiger partial charge in [0, 0.05) is 18.1 Å². The van der Waals surface area contributed by atoms with Crippen molar-refractivity contribution in [2.24, 2.45) is 23.7 Å². The van der Waals surface area contributed by atoms with Crippen LogP contribution < -0.4 is 4.74 Å². The molecule has 0 aromatic heterocycles. The molecule has 4 nitrogen and oxygen atoms in total. The highest BCUT2D eigenvalue weighted by molar-refractivity contribution is 5.66. The number of aldehydes is 1. The lowest BCUT2D eigenvalue weighted by molar-refractivity contribution is -0.147. The van der Waals surface area contributed by atoms with E-state index in [9.17, 15) is 4.79 Å². The number of carbonyl (C=O) groups is 1. The molecule has 4 saturated carbocycles. The van der Waals surface area contributed by atoms with E-state index in [-0.39, 0.29) is 11.5 Å². The van der Waals surface area contributed by atoms with Gasteiger partial charge in [0.1, 0.15) is 17.8 Å². The van der Waals surface area contributed by atoms with Crippen molar-refractivity contribution in [2.75, 3.05) is 20.3 Å². The van der Waals surface area contributed by atoms with E-state index < -0.39 is 0 Å². The molecular formula is C25H34O4. The maximum absolute atomic E-state index is 10.9. The Morgan fingerprint density at radius 1 is 1.24 bits per heavy atom. The highest BCUT2D eigenvalue weighted by atomic mass is 16.5. The summed E-state index contributed by atoms with van der Waals surface area (Å²) >= 11 is 0. The van der Waals surface area contributed by atoms with Crippen molar-refractivity contribution >= 4 is 12.0 Å². The van der Waals surface area contributed by atoms with Crippen LogP contribution in [0.1, 0.15) is 57.9 Å². The van der Waals surface area contributed by atoms with E-state index in [1.807, 2.05) is 19.9 Å². The summed E-state index contributed by atoms with van der Waals surface area (Å²) in [7, 11) is 1.80. The maximum Gasteiger partial charge on any atom is 0.125 e. The Hall–Kier alpha value is -1.81. The van der Waals surface area contributed by atoms with Gasteiger partial charge < -0.3 is 19.0 Å². The lowest BCUT2D eigenvalue weighted by Gasteiger charge is -2.57. The minimum absolute atomic E-state index is 0.00856. The minimum Gasteiger partial charge on any atom is -0.496 e. The van der Waals surface area contributed by atoms with Crippen LogP contribution in [0.3, 0.4) is 0 Å². The second-order valence-corrected chi connectivity index (χ2v) is 9.23.